The molecule has 2 aliphatic rings. The molecule has 0 radical (unpaired) electrons. The summed E-state index contributed by atoms with van der Waals surface area (Å²) in [4.78, 5) is 34.8. The Morgan fingerprint density at radius 1 is 0.796 bits per heavy atom. The molecule has 49 heavy (non-hydrogen) atoms. The zero-order valence-electron chi connectivity index (χ0n) is 34.4. The van der Waals surface area contributed by atoms with Gasteiger partial charge in [0.05, 0.1) is 0 Å². The van der Waals surface area contributed by atoms with Crippen molar-refractivity contribution in [2.24, 2.45) is 23.2 Å². The van der Waals surface area contributed by atoms with Crippen molar-refractivity contribution in [2.45, 2.75) is 182 Å². The predicted octanol–water partition coefficient (Wildman–Crippen LogP) is 9.28. The minimum atomic E-state index is -1.09. The van der Waals surface area contributed by atoms with Crippen molar-refractivity contribution in [1.82, 2.24) is 9.80 Å². The molecule has 2 saturated heterocycles. The van der Waals surface area contributed by atoms with Crippen molar-refractivity contribution in [3.05, 3.63) is 29.3 Å². The molecule has 7 heteroatoms. The minimum absolute atomic E-state index is 0.0124. The second kappa shape index (κ2) is 13.8. The highest BCUT2D eigenvalue weighted by Gasteiger charge is 2.63. The molecule has 1 unspecified atom stereocenters. The smallest absolute Gasteiger partial charge is 0.321 e. The Balaban J connectivity index is 2.30. The Morgan fingerprint density at radius 3 is 1.59 bits per heavy atom. The monoisotopic (exact) mass is 685 g/mol. The topological polar surface area (TPSA) is 79.3 Å². The van der Waals surface area contributed by atoms with Gasteiger partial charge in [0.25, 0.3) is 0 Å². The molecule has 0 saturated carbocycles. The van der Waals surface area contributed by atoms with Crippen LogP contribution < -0.4 is 0 Å². The van der Waals surface area contributed by atoms with Crippen molar-refractivity contribution >= 4 is 11.9 Å². The fraction of sp³-hybridized carbons (Fsp3) is 0.810. The maximum absolute atomic E-state index is 15.0. The quantitative estimate of drug-likeness (QED) is 0.205. The minimum Gasteiger partial charge on any atom is -0.508 e. The summed E-state index contributed by atoms with van der Waals surface area (Å²) in [6.07, 6.45) is 5.00. The number of benzene rings is 1. The van der Waals surface area contributed by atoms with Gasteiger partial charge < -0.3 is 14.6 Å². The maximum atomic E-state index is 15.0. The summed E-state index contributed by atoms with van der Waals surface area (Å²) < 4.78 is 12.5. The van der Waals surface area contributed by atoms with Crippen LogP contribution >= 0.6 is 0 Å². The van der Waals surface area contributed by atoms with E-state index in [1.165, 1.54) is 0 Å². The number of hydrogen-bond acceptors (Lipinski definition) is 7. The highest BCUT2D eigenvalue weighted by atomic mass is 16.6. The van der Waals surface area contributed by atoms with Gasteiger partial charge in [-0.2, -0.15) is 0 Å². The van der Waals surface area contributed by atoms with E-state index in [0.29, 0.717) is 0 Å². The lowest BCUT2D eigenvalue weighted by molar-refractivity contribution is -0.197. The fourth-order valence-corrected chi connectivity index (χ4v) is 9.70. The largest absolute Gasteiger partial charge is 0.508 e. The number of esters is 2. The van der Waals surface area contributed by atoms with Gasteiger partial charge >= 0.3 is 11.9 Å². The lowest BCUT2D eigenvalue weighted by Gasteiger charge is -2.64. The van der Waals surface area contributed by atoms with Gasteiger partial charge in [0, 0.05) is 27.6 Å². The van der Waals surface area contributed by atoms with E-state index < -0.39 is 28.9 Å². The van der Waals surface area contributed by atoms with E-state index >= 15 is 0 Å². The lowest BCUT2D eigenvalue weighted by atomic mass is 9.48. The van der Waals surface area contributed by atoms with Gasteiger partial charge in [-0.25, -0.2) is 0 Å². The highest BCUT2D eigenvalue weighted by Crippen LogP contribution is 2.61. The van der Waals surface area contributed by atoms with Crippen molar-refractivity contribution in [1.29, 1.82) is 0 Å². The van der Waals surface area contributed by atoms with Crippen LogP contribution in [0.5, 0.6) is 5.75 Å². The number of carbonyl (C=O) groups is 2. The van der Waals surface area contributed by atoms with Crippen LogP contribution in [0.4, 0.5) is 0 Å². The lowest BCUT2D eigenvalue weighted by Crippen LogP contribution is -2.67. The van der Waals surface area contributed by atoms with Crippen molar-refractivity contribution in [2.75, 3.05) is 14.1 Å². The van der Waals surface area contributed by atoms with Crippen molar-refractivity contribution in [3.63, 3.8) is 0 Å². The zero-order valence-corrected chi connectivity index (χ0v) is 34.4. The number of rotatable bonds is 9. The first kappa shape index (κ1) is 41.3. The number of nitrogens with zero attached hydrogens (tertiary/aromatic N) is 2. The molecule has 1 atom stereocenters. The van der Waals surface area contributed by atoms with E-state index in [4.69, 9.17) is 9.47 Å². The Kier molecular flexibility index (Phi) is 11.6. The highest BCUT2D eigenvalue weighted by molar-refractivity contribution is 5.96. The third-order valence-electron chi connectivity index (χ3n) is 12.5. The van der Waals surface area contributed by atoms with E-state index in [0.717, 1.165) is 49.7 Å². The van der Waals surface area contributed by atoms with E-state index in [-0.39, 0.29) is 51.8 Å². The Labute approximate surface area is 299 Å². The van der Waals surface area contributed by atoms with Gasteiger partial charge in [0.2, 0.25) is 0 Å². The van der Waals surface area contributed by atoms with Crippen LogP contribution in [-0.4, -0.2) is 68.7 Å². The molecular weight excluding hydrogens is 612 g/mol. The molecule has 7 nitrogen and oxygen atoms in total. The molecule has 0 bridgehead atoms. The molecule has 0 amide bonds. The third kappa shape index (κ3) is 8.68. The first-order valence-corrected chi connectivity index (χ1v) is 18.7. The molecule has 0 aliphatic carbocycles. The summed E-state index contributed by atoms with van der Waals surface area (Å²) in [6.45, 7) is 32.4. The summed E-state index contributed by atoms with van der Waals surface area (Å²) in [7, 11) is 4.42. The number of phenolic OH excluding ortho intramolecular Hbond substituents is 1. The number of hydrogen-bond donors (Lipinski definition) is 1. The zero-order chi connectivity index (χ0) is 37.8. The molecular formula is C42H72N2O5. The van der Waals surface area contributed by atoms with Crippen LogP contribution in [0, 0.1) is 23.2 Å². The third-order valence-corrected chi connectivity index (χ3v) is 12.5. The molecule has 3 rings (SSSR count). The average molecular weight is 685 g/mol. The molecule has 1 N–H and O–H groups in total. The fourth-order valence-electron chi connectivity index (χ4n) is 9.70. The van der Waals surface area contributed by atoms with Gasteiger partial charge in [-0.1, -0.05) is 40.2 Å². The summed E-state index contributed by atoms with van der Waals surface area (Å²) in [5, 5.41) is 10.6. The standard InChI is InChI=1S/C42H72N2O5/c1-18-21-42(29-23-38(8,9)43(16)39(10,11)24-29,30-25-40(12,13)44(17)41(14,15)26-30)33(35(47)49-37(5,6)7)34(46)48-27-28-19-20-32(45)31(22-28)36(2,3)4/h19-20,22,29-30,33,45H,18,21,23-27H2,1-17H3. The number of carbonyl (C=O) groups excluding carboxylic acids is 2. The first-order chi connectivity index (χ1) is 22.0. The van der Waals surface area contributed by atoms with E-state index in [1.54, 1.807) is 12.1 Å². The van der Waals surface area contributed by atoms with Gasteiger partial charge in [-0.3, -0.25) is 19.4 Å². The molecule has 2 aliphatic heterocycles. The van der Waals surface area contributed by atoms with Gasteiger partial charge in [0.15, 0.2) is 5.92 Å². The second-order valence-electron chi connectivity index (χ2n) is 20.1. The normalized spacial score (nSPS) is 22.8. The summed E-state index contributed by atoms with van der Waals surface area (Å²) in [6, 6.07) is 5.37. The van der Waals surface area contributed by atoms with Crippen molar-refractivity contribution in [3.8, 4) is 5.75 Å². The van der Waals surface area contributed by atoms with Crippen LogP contribution in [0.1, 0.15) is 154 Å². The predicted molar refractivity (Wildman–Crippen MR) is 201 cm³/mol. The number of phenols is 1. The van der Waals surface area contributed by atoms with Crippen LogP contribution in [0.3, 0.4) is 0 Å². The summed E-state index contributed by atoms with van der Waals surface area (Å²) in [5.41, 5.74) is -0.812. The van der Waals surface area contributed by atoms with E-state index in [2.05, 4.69) is 86.2 Å². The van der Waals surface area contributed by atoms with E-state index in [1.807, 2.05) is 47.6 Å². The summed E-state index contributed by atoms with van der Waals surface area (Å²) in [5.74, 6) is -1.71. The molecule has 1 aromatic carbocycles. The van der Waals surface area contributed by atoms with Crippen LogP contribution in [0.25, 0.3) is 0 Å². The Morgan fingerprint density at radius 2 is 1.22 bits per heavy atom. The average Bonchev–Trinajstić information content (AvgIpc) is 2.91. The van der Waals surface area contributed by atoms with Crippen LogP contribution in [0.15, 0.2) is 18.2 Å². The van der Waals surface area contributed by atoms with Gasteiger partial charge in [0.1, 0.15) is 18.0 Å². The maximum Gasteiger partial charge on any atom is 0.321 e. The van der Waals surface area contributed by atoms with Gasteiger partial charge in [-0.15, -0.1) is 0 Å². The molecule has 2 heterocycles. The van der Waals surface area contributed by atoms with Crippen LogP contribution in [0.2, 0.25) is 0 Å². The number of piperidine rings is 2. The molecule has 0 aromatic heterocycles. The molecule has 280 valence electrons. The van der Waals surface area contributed by atoms with Gasteiger partial charge in [-0.05, 0) is 163 Å². The second-order valence-corrected chi connectivity index (χ2v) is 20.1. The number of aromatic hydroxyl groups is 1. The number of likely N-dealkylation sites (tertiary alicyclic amines) is 2. The SMILES string of the molecule is CCCC(C1CC(C)(C)N(C)C(C)(C)C1)(C1CC(C)(C)N(C)C(C)(C)C1)C(C(=O)OCc1ccc(O)c(C(C)(C)C)c1)C(=O)OC(C)(C)C. The molecule has 1 aromatic rings. The van der Waals surface area contributed by atoms with Crippen molar-refractivity contribution < 1.29 is 24.2 Å². The molecule has 0 spiro atoms. The summed E-state index contributed by atoms with van der Waals surface area (Å²) >= 11 is 0. The Bertz CT molecular complexity index is 1270. The van der Waals surface area contributed by atoms with E-state index in [9.17, 15) is 14.7 Å². The molecule has 2 fully saturated rings. The van der Waals surface area contributed by atoms with Crippen LogP contribution in [-0.2, 0) is 31.1 Å². The first-order valence-electron chi connectivity index (χ1n) is 18.7. The Hall–Kier alpha value is -2.12. The number of ether oxygens (including phenoxy) is 2.